The minimum atomic E-state index is -2.84. The van der Waals surface area contributed by atoms with Crippen molar-refractivity contribution in [3.63, 3.8) is 0 Å². The van der Waals surface area contributed by atoms with Crippen molar-refractivity contribution >= 4 is 9.84 Å². The quantitative estimate of drug-likeness (QED) is 0.449. The van der Waals surface area contributed by atoms with Gasteiger partial charge in [0.2, 0.25) is 0 Å². The lowest BCUT2D eigenvalue weighted by Crippen LogP contribution is -2.41. The van der Waals surface area contributed by atoms with Gasteiger partial charge in [0.05, 0.1) is 5.75 Å². The lowest BCUT2D eigenvalue weighted by molar-refractivity contribution is 0.297. The molecule has 0 saturated heterocycles. The van der Waals surface area contributed by atoms with Gasteiger partial charge in [-0.3, -0.25) is 11.3 Å². The van der Waals surface area contributed by atoms with Crippen molar-refractivity contribution in [2.45, 2.75) is 65.3 Å². The molecule has 0 rings (SSSR count). The van der Waals surface area contributed by atoms with E-state index in [0.29, 0.717) is 12.3 Å². The summed E-state index contributed by atoms with van der Waals surface area (Å²) in [7, 11) is -2.84. The summed E-state index contributed by atoms with van der Waals surface area (Å²) in [6.07, 6.45) is 6.16. The molecule has 3 N–H and O–H groups in total. The molecule has 0 aromatic rings. The number of sulfone groups is 1. The van der Waals surface area contributed by atoms with E-state index in [2.05, 4.69) is 19.3 Å². The van der Waals surface area contributed by atoms with Crippen molar-refractivity contribution in [1.82, 2.24) is 5.43 Å². The first-order valence-electron chi connectivity index (χ1n) is 7.17. The van der Waals surface area contributed by atoms with Crippen LogP contribution >= 0.6 is 0 Å². The van der Waals surface area contributed by atoms with E-state index in [1.165, 1.54) is 0 Å². The Bertz CT molecular complexity index is 285. The maximum Gasteiger partial charge on any atom is 0.150 e. The number of hydrogen-bond donors (Lipinski definition) is 2. The van der Waals surface area contributed by atoms with Crippen LogP contribution in [0, 0.1) is 5.92 Å². The number of rotatable bonds is 11. The van der Waals surface area contributed by atoms with Crippen LogP contribution in [-0.2, 0) is 9.84 Å². The Balaban J connectivity index is 4.22. The van der Waals surface area contributed by atoms with Crippen molar-refractivity contribution in [2.24, 2.45) is 11.8 Å². The summed E-state index contributed by atoms with van der Waals surface area (Å²) in [5.41, 5.74) is 2.88. The Morgan fingerprint density at radius 2 is 1.61 bits per heavy atom. The Kier molecular flexibility index (Phi) is 9.68. The number of hydrazine groups is 1. The normalized spacial score (nSPS) is 14.1. The van der Waals surface area contributed by atoms with E-state index in [9.17, 15) is 8.42 Å². The third-order valence-corrected chi connectivity index (χ3v) is 5.30. The van der Waals surface area contributed by atoms with E-state index in [0.717, 1.165) is 32.1 Å². The molecule has 0 fully saturated rings. The molecule has 1 atom stereocenters. The van der Waals surface area contributed by atoms with Gasteiger partial charge in [0.25, 0.3) is 0 Å². The SMILES string of the molecule is CCCC(CCC)C(CCCS(=O)(=O)CC)NN. The van der Waals surface area contributed by atoms with Crippen LogP contribution in [0.4, 0.5) is 0 Å². The molecule has 0 spiro atoms. The van der Waals surface area contributed by atoms with E-state index in [-0.39, 0.29) is 17.5 Å². The fourth-order valence-electron chi connectivity index (χ4n) is 2.41. The van der Waals surface area contributed by atoms with Gasteiger partial charge in [-0.1, -0.05) is 33.6 Å². The first-order chi connectivity index (χ1) is 8.50. The summed E-state index contributed by atoms with van der Waals surface area (Å²) >= 11 is 0. The van der Waals surface area contributed by atoms with Gasteiger partial charge < -0.3 is 0 Å². The van der Waals surface area contributed by atoms with E-state index >= 15 is 0 Å². The van der Waals surface area contributed by atoms with Crippen LogP contribution in [0.2, 0.25) is 0 Å². The van der Waals surface area contributed by atoms with Gasteiger partial charge in [0.1, 0.15) is 9.84 Å². The molecule has 0 aliphatic heterocycles. The maximum absolute atomic E-state index is 11.4. The van der Waals surface area contributed by atoms with Crippen molar-refractivity contribution in [3.8, 4) is 0 Å². The second-order valence-corrected chi connectivity index (χ2v) is 7.46. The smallest absolute Gasteiger partial charge is 0.150 e. The molecule has 18 heavy (non-hydrogen) atoms. The van der Waals surface area contributed by atoms with Crippen molar-refractivity contribution in [1.29, 1.82) is 0 Å². The Labute approximate surface area is 113 Å². The highest BCUT2D eigenvalue weighted by Gasteiger charge is 2.19. The monoisotopic (exact) mass is 278 g/mol. The van der Waals surface area contributed by atoms with E-state index < -0.39 is 9.84 Å². The molecular weight excluding hydrogens is 248 g/mol. The van der Waals surface area contributed by atoms with Crippen LogP contribution in [0.5, 0.6) is 0 Å². The molecule has 0 aromatic carbocycles. The molecule has 4 nitrogen and oxygen atoms in total. The second kappa shape index (κ2) is 9.75. The Morgan fingerprint density at radius 3 is 2.00 bits per heavy atom. The molecule has 0 aromatic heterocycles. The van der Waals surface area contributed by atoms with Crippen LogP contribution in [0.15, 0.2) is 0 Å². The molecule has 110 valence electrons. The van der Waals surface area contributed by atoms with E-state index in [4.69, 9.17) is 5.84 Å². The third kappa shape index (κ3) is 7.34. The van der Waals surface area contributed by atoms with Crippen LogP contribution < -0.4 is 11.3 Å². The maximum atomic E-state index is 11.4. The zero-order valence-electron chi connectivity index (χ0n) is 12.1. The fraction of sp³-hybridized carbons (Fsp3) is 1.00. The second-order valence-electron chi connectivity index (χ2n) is 4.99. The summed E-state index contributed by atoms with van der Waals surface area (Å²) < 4.78 is 22.9. The van der Waals surface area contributed by atoms with Crippen LogP contribution in [0.1, 0.15) is 59.3 Å². The van der Waals surface area contributed by atoms with Gasteiger partial charge in [0.15, 0.2) is 0 Å². The standard InChI is InChI=1S/C13H30N2O2S/c1-4-8-12(9-5-2)13(15-14)10-7-11-18(16,17)6-3/h12-13,15H,4-11,14H2,1-3H3. The number of nitrogens with one attached hydrogen (secondary N) is 1. The highest BCUT2D eigenvalue weighted by atomic mass is 32.2. The summed E-state index contributed by atoms with van der Waals surface area (Å²) in [6, 6.07) is 0.247. The lowest BCUT2D eigenvalue weighted by atomic mass is 9.88. The molecule has 1 unspecified atom stereocenters. The first kappa shape index (κ1) is 17.9. The summed E-state index contributed by atoms with van der Waals surface area (Å²) in [5.74, 6) is 6.70. The fourth-order valence-corrected chi connectivity index (χ4v) is 3.31. The molecule has 0 saturated carbocycles. The molecule has 0 bridgehead atoms. The van der Waals surface area contributed by atoms with Gasteiger partial charge in [-0.05, 0) is 31.6 Å². The molecule has 0 heterocycles. The topological polar surface area (TPSA) is 72.2 Å². The van der Waals surface area contributed by atoms with E-state index in [1.54, 1.807) is 6.92 Å². The zero-order valence-corrected chi connectivity index (χ0v) is 12.9. The summed E-state index contributed by atoms with van der Waals surface area (Å²) in [5, 5.41) is 0. The van der Waals surface area contributed by atoms with Gasteiger partial charge in [-0.2, -0.15) is 0 Å². The largest absolute Gasteiger partial charge is 0.271 e. The van der Waals surface area contributed by atoms with E-state index in [1.807, 2.05) is 0 Å². The molecule has 0 amide bonds. The van der Waals surface area contributed by atoms with Gasteiger partial charge in [-0.25, -0.2) is 8.42 Å². The molecule has 0 aliphatic rings. The van der Waals surface area contributed by atoms with Crippen LogP contribution in [0.25, 0.3) is 0 Å². The number of hydrogen-bond acceptors (Lipinski definition) is 4. The number of nitrogens with two attached hydrogens (primary N) is 1. The summed E-state index contributed by atoms with van der Waals surface area (Å²) in [4.78, 5) is 0. The zero-order chi connectivity index (χ0) is 14.0. The van der Waals surface area contributed by atoms with Gasteiger partial charge >= 0.3 is 0 Å². The molecular formula is C13H30N2O2S. The van der Waals surface area contributed by atoms with Crippen molar-refractivity contribution in [3.05, 3.63) is 0 Å². The molecule has 5 heteroatoms. The third-order valence-electron chi connectivity index (χ3n) is 3.51. The van der Waals surface area contributed by atoms with Crippen LogP contribution in [0.3, 0.4) is 0 Å². The lowest BCUT2D eigenvalue weighted by Gasteiger charge is -2.26. The van der Waals surface area contributed by atoms with Crippen LogP contribution in [-0.4, -0.2) is 26.0 Å². The predicted octanol–water partition coefficient (Wildman–Crippen LogP) is 2.25. The highest BCUT2D eigenvalue weighted by molar-refractivity contribution is 7.91. The molecule has 0 radical (unpaired) electrons. The van der Waals surface area contributed by atoms with Gasteiger partial charge in [-0.15, -0.1) is 0 Å². The van der Waals surface area contributed by atoms with Crippen molar-refractivity contribution < 1.29 is 8.42 Å². The Hall–Kier alpha value is -0.130. The summed E-state index contributed by atoms with van der Waals surface area (Å²) in [6.45, 7) is 6.06. The first-order valence-corrected chi connectivity index (χ1v) is 8.99. The molecule has 0 aliphatic carbocycles. The Morgan fingerprint density at radius 1 is 1.06 bits per heavy atom. The minimum absolute atomic E-state index is 0.237. The average Bonchev–Trinajstić information content (AvgIpc) is 2.34. The van der Waals surface area contributed by atoms with Gasteiger partial charge in [0, 0.05) is 11.8 Å². The van der Waals surface area contributed by atoms with Crippen molar-refractivity contribution in [2.75, 3.05) is 11.5 Å². The average molecular weight is 278 g/mol. The highest BCUT2D eigenvalue weighted by Crippen LogP contribution is 2.21. The predicted molar refractivity (Wildman–Crippen MR) is 78.0 cm³/mol. The minimum Gasteiger partial charge on any atom is -0.271 e.